The minimum atomic E-state index is 0.282. The quantitative estimate of drug-likeness (QED) is 0.714. The molecule has 0 aliphatic carbocycles. The molecule has 3 nitrogen and oxygen atoms in total. The number of rotatable bonds is 6. The van der Waals surface area contributed by atoms with E-state index in [1.807, 2.05) is 11.8 Å². The van der Waals surface area contributed by atoms with Crippen LogP contribution in [-0.4, -0.2) is 29.7 Å². The highest BCUT2D eigenvalue weighted by molar-refractivity contribution is 5.78. The minimum Gasteiger partial charge on any atom is -0.343 e. The fourth-order valence-corrected chi connectivity index (χ4v) is 2.38. The lowest BCUT2D eigenvalue weighted by atomic mass is 9.98. The van der Waals surface area contributed by atoms with Crippen LogP contribution in [0, 0.1) is 5.92 Å². The molecule has 0 aromatic rings. The van der Waals surface area contributed by atoms with Crippen molar-refractivity contribution in [3.05, 3.63) is 0 Å². The van der Waals surface area contributed by atoms with Crippen molar-refractivity contribution in [1.29, 1.82) is 0 Å². The van der Waals surface area contributed by atoms with E-state index in [-0.39, 0.29) is 5.91 Å². The lowest BCUT2D eigenvalue weighted by molar-refractivity contribution is -0.131. The highest BCUT2D eigenvalue weighted by atomic mass is 16.2. The Balaban J connectivity index is 2.31. The van der Waals surface area contributed by atoms with Crippen molar-refractivity contribution in [2.75, 3.05) is 13.1 Å². The third-order valence-corrected chi connectivity index (χ3v) is 3.78. The van der Waals surface area contributed by atoms with Gasteiger partial charge in [0, 0.05) is 32.4 Å². The van der Waals surface area contributed by atoms with Crippen LogP contribution >= 0.6 is 0 Å². The molecule has 0 radical (unpaired) electrons. The molecule has 3 heteroatoms. The molecule has 0 N–H and O–H groups in total. The molecule has 0 spiro atoms. The van der Waals surface area contributed by atoms with Gasteiger partial charge in [0.2, 0.25) is 5.91 Å². The fourth-order valence-electron chi connectivity index (χ4n) is 2.38. The van der Waals surface area contributed by atoms with Crippen LogP contribution < -0.4 is 0 Å². The number of hydrogen-bond acceptors (Lipinski definition) is 2. The van der Waals surface area contributed by atoms with Crippen LogP contribution in [0.4, 0.5) is 0 Å². The lowest BCUT2D eigenvalue weighted by Gasteiger charge is -2.20. The van der Waals surface area contributed by atoms with E-state index >= 15 is 0 Å². The predicted molar refractivity (Wildman–Crippen MR) is 68.7 cm³/mol. The van der Waals surface area contributed by atoms with Crippen molar-refractivity contribution >= 4 is 11.7 Å². The molecule has 1 aliphatic rings. The Morgan fingerprint density at radius 1 is 1.35 bits per heavy atom. The summed E-state index contributed by atoms with van der Waals surface area (Å²) in [7, 11) is 0. The van der Waals surface area contributed by atoms with Gasteiger partial charge in [0.25, 0.3) is 0 Å². The molecule has 0 aromatic heterocycles. The third-order valence-electron chi connectivity index (χ3n) is 3.78. The first kappa shape index (κ1) is 14.2. The molecule has 1 heterocycles. The maximum Gasteiger partial charge on any atom is 0.222 e. The Morgan fingerprint density at radius 2 is 2.12 bits per heavy atom. The first-order valence-corrected chi connectivity index (χ1v) is 6.96. The SMILES string of the molecule is CCC(=O)CCCN1CCC(CC)CCC1=O. The van der Waals surface area contributed by atoms with E-state index in [4.69, 9.17) is 0 Å². The van der Waals surface area contributed by atoms with Gasteiger partial charge < -0.3 is 4.90 Å². The summed E-state index contributed by atoms with van der Waals surface area (Å²) in [5.74, 6) is 1.30. The zero-order valence-electron chi connectivity index (χ0n) is 11.2. The van der Waals surface area contributed by atoms with Crippen molar-refractivity contribution in [2.24, 2.45) is 5.92 Å². The van der Waals surface area contributed by atoms with Crippen LogP contribution in [-0.2, 0) is 9.59 Å². The van der Waals surface area contributed by atoms with Gasteiger partial charge in [0.1, 0.15) is 5.78 Å². The summed E-state index contributed by atoms with van der Waals surface area (Å²) in [4.78, 5) is 25.0. The van der Waals surface area contributed by atoms with Crippen molar-refractivity contribution in [3.63, 3.8) is 0 Å². The summed E-state index contributed by atoms with van der Waals surface area (Å²) < 4.78 is 0. The van der Waals surface area contributed by atoms with Crippen LogP contribution in [0.1, 0.15) is 58.8 Å². The summed E-state index contributed by atoms with van der Waals surface area (Å²) in [6.45, 7) is 5.74. The summed E-state index contributed by atoms with van der Waals surface area (Å²) in [5.41, 5.74) is 0. The van der Waals surface area contributed by atoms with Crippen molar-refractivity contribution in [3.8, 4) is 0 Å². The molecule has 1 saturated heterocycles. The monoisotopic (exact) mass is 239 g/mol. The van der Waals surface area contributed by atoms with E-state index in [1.165, 1.54) is 6.42 Å². The number of Topliss-reactive ketones (excluding diaryl/α,β-unsaturated/α-hetero) is 1. The molecule has 17 heavy (non-hydrogen) atoms. The number of ketones is 1. The first-order valence-electron chi connectivity index (χ1n) is 6.96. The summed E-state index contributed by atoms with van der Waals surface area (Å²) >= 11 is 0. The number of hydrogen-bond donors (Lipinski definition) is 0. The van der Waals surface area contributed by atoms with E-state index in [1.54, 1.807) is 0 Å². The lowest BCUT2D eigenvalue weighted by Crippen LogP contribution is -2.31. The second-order valence-corrected chi connectivity index (χ2v) is 4.98. The smallest absolute Gasteiger partial charge is 0.222 e. The van der Waals surface area contributed by atoms with Crippen LogP contribution in [0.5, 0.6) is 0 Å². The maximum absolute atomic E-state index is 11.9. The molecule has 1 aliphatic heterocycles. The molecular weight excluding hydrogens is 214 g/mol. The summed E-state index contributed by atoms with van der Waals surface area (Å²) in [6.07, 6.45) is 6.11. The third kappa shape index (κ3) is 4.88. The standard InChI is InChI=1S/C14H25NO2/c1-3-12-7-8-14(17)15(11-9-12)10-5-6-13(16)4-2/h12H,3-11H2,1-2H3. The number of carbonyl (C=O) groups is 2. The van der Waals surface area contributed by atoms with Crippen molar-refractivity contribution in [1.82, 2.24) is 4.90 Å². The number of carbonyl (C=O) groups excluding carboxylic acids is 2. The van der Waals surface area contributed by atoms with Crippen LogP contribution in [0.3, 0.4) is 0 Å². The van der Waals surface area contributed by atoms with Gasteiger partial charge in [0.05, 0.1) is 0 Å². The zero-order chi connectivity index (χ0) is 12.7. The number of likely N-dealkylation sites (tertiary alicyclic amines) is 1. The van der Waals surface area contributed by atoms with Crippen LogP contribution in [0.2, 0.25) is 0 Å². The van der Waals surface area contributed by atoms with Crippen LogP contribution in [0.15, 0.2) is 0 Å². The molecule has 0 bridgehead atoms. The van der Waals surface area contributed by atoms with E-state index in [9.17, 15) is 9.59 Å². The second kappa shape index (κ2) is 7.46. The average molecular weight is 239 g/mol. The minimum absolute atomic E-state index is 0.282. The van der Waals surface area contributed by atoms with E-state index in [2.05, 4.69) is 6.92 Å². The molecule has 0 aromatic carbocycles. The van der Waals surface area contributed by atoms with Gasteiger partial charge in [-0.25, -0.2) is 0 Å². The van der Waals surface area contributed by atoms with Gasteiger partial charge >= 0.3 is 0 Å². The summed E-state index contributed by atoms with van der Waals surface area (Å²) in [6, 6.07) is 0. The van der Waals surface area contributed by atoms with Gasteiger partial charge in [-0.1, -0.05) is 20.3 Å². The van der Waals surface area contributed by atoms with Gasteiger partial charge in [-0.15, -0.1) is 0 Å². The predicted octanol–water partition coefficient (Wildman–Crippen LogP) is 2.78. The van der Waals surface area contributed by atoms with Gasteiger partial charge in [-0.05, 0) is 25.2 Å². The van der Waals surface area contributed by atoms with Crippen molar-refractivity contribution < 1.29 is 9.59 Å². The molecule has 1 amide bonds. The first-order chi connectivity index (χ1) is 8.17. The van der Waals surface area contributed by atoms with Crippen molar-refractivity contribution in [2.45, 2.75) is 58.8 Å². The molecule has 1 unspecified atom stereocenters. The maximum atomic E-state index is 11.9. The fraction of sp³-hybridized carbons (Fsp3) is 0.857. The Hall–Kier alpha value is -0.860. The largest absolute Gasteiger partial charge is 0.343 e. The van der Waals surface area contributed by atoms with Crippen LogP contribution in [0.25, 0.3) is 0 Å². The number of nitrogens with zero attached hydrogens (tertiary/aromatic N) is 1. The Morgan fingerprint density at radius 3 is 2.76 bits per heavy atom. The molecule has 0 saturated carbocycles. The highest BCUT2D eigenvalue weighted by Crippen LogP contribution is 2.21. The molecule has 98 valence electrons. The summed E-state index contributed by atoms with van der Waals surface area (Å²) in [5, 5.41) is 0. The van der Waals surface area contributed by atoms with E-state index < -0.39 is 0 Å². The highest BCUT2D eigenvalue weighted by Gasteiger charge is 2.21. The average Bonchev–Trinajstić information content (AvgIpc) is 2.52. The topological polar surface area (TPSA) is 37.4 Å². The Bertz CT molecular complexity index is 263. The van der Waals surface area contributed by atoms with Gasteiger partial charge in [-0.2, -0.15) is 0 Å². The second-order valence-electron chi connectivity index (χ2n) is 4.98. The van der Waals surface area contributed by atoms with E-state index in [0.29, 0.717) is 31.0 Å². The molecule has 1 fully saturated rings. The Labute approximate surface area is 105 Å². The van der Waals surface area contributed by atoms with Gasteiger partial charge in [-0.3, -0.25) is 9.59 Å². The van der Waals surface area contributed by atoms with E-state index in [0.717, 1.165) is 32.4 Å². The zero-order valence-corrected chi connectivity index (χ0v) is 11.2. The van der Waals surface area contributed by atoms with Gasteiger partial charge in [0.15, 0.2) is 0 Å². The normalized spacial score (nSPS) is 21.4. The Kier molecular flexibility index (Phi) is 6.23. The molecular formula is C14H25NO2. The molecule has 1 atom stereocenters. The molecule has 1 rings (SSSR count). The number of amides is 1.